The highest BCUT2D eigenvalue weighted by Crippen LogP contribution is 2.56. The van der Waals surface area contributed by atoms with Crippen molar-refractivity contribution in [3.05, 3.63) is 59.3 Å². The summed E-state index contributed by atoms with van der Waals surface area (Å²) < 4.78 is 0. The lowest BCUT2D eigenvalue weighted by Crippen LogP contribution is -2.43. The quantitative estimate of drug-likeness (QED) is 0.160. The molecule has 36 heavy (non-hydrogen) atoms. The van der Waals surface area contributed by atoms with Gasteiger partial charge in [-0.25, -0.2) is 0 Å². The van der Waals surface area contributed by atoms with Crippen LogP contribution in [0.1, 0.15) is 114 Å². The topological polar surface area (TPSA) is 32.3 Å². The first-order valence-electron chi connectivity index (χ1n) is 14.7. The van der Waals surface area contributed by atoms with E-state index in [1.54, 1.807) is 0 Å². The molecular formula is C34H59NO. The summed E-state index contributed by atoms with van der Waals surface area (Å²) >= 11 is 0. The Balaban J connectivity index is 0.00000316. The van der Waals surface area contributed by atoms with Crippen molar-refractivity contribution in [1.29, 1.82) is 0 Å². The van der Waals surface area contributed by atoms with Crippen LogP contribution in [0.5, 0.6) is 0 Å². The van der Waals surface area contributed by atoms with Gasteiger partial charge in [-0.15, -0.1) is 6.58 Å². The molecule has 1 saturated carbocycles. The molecule has 0 amide bonds. The highest BCUT2D eigenvalue weighted by atomic mass is 16.3. The van der Waals surface area contributed by atoms with E-state index in [4.69, 9.17) is 0 Å². The molecule has 0 aromatic heterocycles. The predicted molar refractivity (Wildman–Crippen MR) is 161 cm³/mol. The van der Waals surface area contributed by atoms with Crippen LogP contribution in [0, 0.1) is 28.6 Å². The molecular weight excluding hydrogens is 438 g/mol. The van der Waals surface area contributed by atoms with Crippen LogP contribution in [0.4, 0.5) is 0 Å². The molecule has 2 nitrogen and oxygen atoms in total. The molecule has 0 aromatic rings. The van der Waals surface area contributed by atoms with E-state index in [2.05, 4.69) is 84.7 Å². The third-order valence-electron chi connectivity index (χ3n) is 8.53. The third kappa shape index (κ3) is 9.49. The number of fused-ring (bicyclic) bond motifs is 1. The zero-order chi connectivity index (χ0) is 27.5. The van der Waals surface area contributed by atoms with Gasteiger partial charge >= 0.3 is 0 Å². The van der Waals surface area contributed by atoms with Gasteiger partial charge in [0.25, 0.3) is 0 Å². The number of allylic oxidation sites excluding steroid dienone is 8. The number of aliphatic hydroxyl groups is 1. The smallest absolute Gasteiger partial charge is 0.127 e. The average molecular weight is 498 g/mol. The van der Waals surface area contributed by atoms with Gasteiger partial charge < -0.3 is 5.11 Å². The van der Waals surface area contributed by atoms with Crippen LogP contribution in [0.3, 0.4) is 0 Å². The van der Waals surface area contributed by atoms with Gasteiger partial charge in [-0.3, -0.25) is 5.32 Å². The lowest BCUT2D eigenvalue weighted by molar-refractivity contribution is 0.0320. The van der Waals surface area contributed by atoms with Gasteiger partial charge in [-0.1, -0.05) is 96.4 Å². The van der Waals surface area contributed by atoms with Crippen molar-refractivity contribution in [2.24, 2.45) is 28.6 Å². The Hall–Kier alpha value is -1.38. The second-order valence-electron chi connectivity index (χ2n) is 12.5. The Morgan fingerprint density at radius 3 is 2.19 bits per heavy atom. The molecule has 2 aliphatic carbocycles. The maximum absolute atomic E-state index is 10.6. The minimum Gasteiger partial charge on any atom is -0.375 e. The SMILES string of the molecule is C=CCCC(CCC)CNC(O)/C(C)=C/C=C(\C)CC1=CC2C(C=C1C)C(C)(C)CCC2(C)C.CC. The fraction of sp³-hybridized carbons (Fsp3) is 0.706. The minimum absolute atomic E-state index is 0.355. The van der Waals surface area contributed by atoms with Gasteiger partial charge in [0.2, 0.25) is 0 Å². The molecule has 4 atom stereocenters. The highest BCUT2D eigenvalue weighted by Gasteiger charge is 2.47. The van der Waals surface area contributed by atoms with E-state index in [0.29, 0.717) is 28.6 Å². The monoisotopic (exact) mass is 497 g/mol. The third-order valence-corrected chi connectivity index (χ3v) is 8.53. The van der Waals surface area contributed by atoms with Gasteiger partial charge in [-0.2, -0.15) is 0 Å². The minimum atomic E-state index is -0.589. The van der Waals surface area contributed by atoms with E-state index in [0.717, 1.165) is 31.4 Å². The van der Waals surface area contributed by atoms with Crippen molar-refractivity contribution in [3.63, 3.8) is 0 Å². The summed E-state index contributed by atoms with van der Waals surface area (Å²) in [6.45, 7) is 27.2. The van der Waals surface area contributed by atoms with Crippen LogP contribution >= 0.6 is 0 Å². The predicted octanol–water partition coefficient (Wildman–Crippen LogP) is 9.55. The van der Waals surface area contributed by atoms with Gasteiger partial charge in [0.15, 0.2) is 0 Å². The number of hydrogen-bond donors (Lipinski definition) is 2. The number of rotatable bonds is 12. The van der Waals surface area contributed by atoms with Crippen LogP contribution < -0.4 is 5.32 Å². The Morgan fingerprint density at radius 2 is 1.64 bits per heavy atom. The molecule has 2 aliphatic rings. The number of aliphatic hydroxyl groups excluding tert-OH is 1. The summed E-state index contributed by atoms with van der Waals surface area (Å²) in [7, 11) is 0. The summed E-state index contributed by atoms with van der Waals surface area (Å²) in [5.41, 5.74) is 5.97. The zero-order valence-electron chi connectivity index (χ0n) is 25.5. The summed E-state index contributed by atoms with van der Waals surface area (Å²) in [6, 6.07) is 0. The Morgan fingerprint density at radius 1 is 1.06 bits per heavy atom. The van der Waals surface area contributed by atoms with Crippen molar-refractivity contribution < 1.29 is 5.11 Å². The van der Waals surface area contributed by atoms with Crippen LogP contribution in [-0.2, 0) is 0 Å². The van der Waals surface area contributed by atoms with Gasteiger partial charge in [-0.05, 0) is 99.0 Å². The molecule has 0 bridgehead atoms. The maximum atomic E-state index is 10.6. The van der Waals surface area contributed by atoms with Gasteiger partial charge in [0.05, 0.1) is 0 Å². The van der Waals surface area contributed by atoms with Crippen molar-refractivity contribution in [3.8, 4) is 0 Å². The molecule has 4 unspecified atom stereocenters. The molecule has 2 N–H and O–H groups in total. The zero-order valence-corrected chi connectivity index (χ0v) is 25.5. The highest BCUT2D eigenvalue weighted by molar-refractivity contribution is 5.39. The fourth-order valence-electron chi connectivity index (χ4n) is 5.81. The summed E-state index contributed by atoms with van der Waals surface area (Å²) in [4.78, 5) is 0. The van der Waals surface area contributed by atoms with Gasteiger partial charge in [0.1, 0.15) is 6.23 Å². The lowest BCUT2D eigenvalue weighted by Gasteiger charge is -2.52. The average Bonchev–Trinajstić information content (AvgIpc) is 2.84. The number of hydrogen-bond acceptors (Lipinski definition) is 2. The van der Waals surface area contributed by atoms with E-state index >= 15 is 0 Å². The first-order chi connectivity index (χ1) is 16.9. The Labute approximate surface area is 225 Å². The normalized spacial score (nSPS) is 25.0. The number of nitrogens with one attached hydrogen (secondary N) is 1. The lowest BCUT2D eigenvalue weighted by atomic mass is 9.52. The van der Waals surface area contributed by atoms with Crippen LogP contribution in [0.15, 0.2) is 59.3 Å². The second kappa shape index (κ2) is 15.1. The van der Waals surface area contributed by atoms with Gasteiger partial charge in [0, 0.05) is 6.54 Å². The Bertz CT molecular complexity index is 807. The molecule has 1 fully saturated rings. The molecule has 0 heterocycles. The molecule has 0 aromatic carbocycles. The van der Waals surface area contributed by atoms with E-state index in [1.807, 2.05) is 26.8 Å². The standard InChI is InChI=1S/C32H53NO.C2H6/c1-10-12-14-26(13-11-2)22-33-30(34)24(4)16-15-23(3)19-27-21-29-28(20-25(27)5)31(6,7)17-18-32(29,8)9;1-2/h10,15-16,20-21,26,28-30,33-34H,1,11-14,17-19,22H2,2-9H3;1-2H3/b23-15+,24-16+;. The first-order valence-corrected chi connectivity index (χ1v) is 14.7. The van der Waals surface area contributed by atoms with E-state index < -0.39 is 6.23 Å². The van der Waals surface area contributed by atoms with E-state index in [-0.39, 0.29) is 0 Å². The summed E-state index contributed by atoms with van der Waals surface area (Å²) in [5.74, 6) is 1.84. The van der Waals surface area contributed by atoms with Crippen molar-refractivity contribution in [2.75, 3.05) is 6.54 Å². The fourth-order valence-corrected chi connectivity index (χ4v) is 5.81. The molecule has 0 spiro atoms. The summed E-state index contributed by atoms with van der Waals surface area (Å²) in [5, 5.41) is 14.0. The van der Waals surface area contributed by atoms with Crippen LogP contribution in [0.2, 0.25) is 0 Å². The van der Waals surface area contributed by atoms with Crippen LogP contribution in [-0.4, -0.2) is 17.9 Å². The van der Waals surface area contributed by atoms with Crippen molar-refractivity contribution >= 4 is 0 Å². The molecule has 0 saturated heterocycles. The molecule has 0 radical (unpaired) electrons. The van der Waals surface area contributed by atoms with E-state index in [1.165, 1.54) is 42.4 Å². The summed E-state index contributed by atoms with van der Waals surface area (Å²) in [6.07, 6.45) is 19.0. The molecule has 206 valence electrons. The molecule has 0 aliphatic heterocycles. The molecule has 2 heteroatoms. The first kappa shape index (κ1) is 32.6. The van der Waals surface area contributed by atoms with Crippen LogP contribution in [0.25, 0.3) is 0 Å². The van der Waals surface area contributed by atoms with E-state index in [9.17, 15) is 5.11 Å². The van der Waals surface area contributed by atoms with Crippen molar-refractivity contribution in [2.45, 2.75) is 120 Å². The Kier molecular flexibility index (Phi) is 13.7. The van der Waals surface area contributed by atoms with Crippen molar-refractivity contribution in [1.82, 2.24) is 5.32 Å². The largest absolute Gasteiger partial charge is 0.375 e. The molecule has 2 rings (SSSR count). The second-order valence-corrected chi connectivity index (χ2v) is 12.5. The maximum Gasteiger partial charge on any atom is 0.127 e.